The third-order valence-corrected chi connectivity index (χ3v) is 1.74. The summed E-state index contributed by atoms with van der Waals surface area (Å²) in [5.74, 6) is 0. The van der Waals surface area contributed by atoms with E-state index in [0.717, 1.165) is 0 Å². The standard InChI is InChI=1S/C7H17NO5/c1-8-2-4(10)6(12)7(13)5(11)3-9/h4-13H,2-3H2,1H3/t4-,5-,6-,7-/m0/s1. The Morgan fingerprint density at radius 1 is 1.00 bits per heavy atom. The Balaban J connectivity index is 3.99. The molecule has 80 valence electrons. The van der Waals surface area contributed by atoms with Gasteiger partial charge >= 0.3 is 0 Å². The largest absolute Gasteiger partial charge is 0.394 e. The van der Waals surface area contributed by atoms with Crippen LogP contribution >= 0.6 is 0 Å². The molecule has 0 spiro atoms. The van der Waals surface area contributed by atoms with Gasteiger partial charge in [0.15, 0.2) is 0 Å². The SMILES string of the molecule is CNC[C@H](O)[C@H](O)[C@@H](O)[C@@H](O)CO. The summed E-state index contributed by atoms with van der Waals surface area (Å²) in [6.07, 6.45) is -5.65. The molecule has 0 rings (SSSR count). The van der Waals surface area contributed by atoms with Crippen LogP contribution in [-0.4, -0.2) is 70.1 Å². The molecule has 0 bridgehead atoms. The first-order valence-corrected chi connectivity index (χ1v) is 4.02. The molecule has 0 aliphatic carbocycles. The zero-order valence-corrected chi connectivity index (χ0v) is 7.46. The second-order valence-electron chi connectivity index (χ2n) is 2.86. The Hall–Kier alpha value is -0.240. The molecule has 0 aromatic heterocycles. The van der Waals surface area contributed by atoms with Gasteiger partial charge in [-0.1, -0.05) is 0 Å². The molecule has 0 aliphatic heterocycles. The van der Waals surface area contributed by atoms with Crippen molar-refractivity contribution >= 4 is 0 Å². The minimum atomic E-state index is -1.55. The molecule has 6 N–H and O–H groups in total. The highest BCUT2D eigenvalue weighted by molar-refractivity contribution is 4.81. The summed E-state index contributed by atoms with van der Waals surface area (Å²) in [5.41, 5.74) is 0. The minimum Gasteiger partial charge on any atom is -0.394 e. The zero-order valence-electron chi connectivity index (χ0n) is 7.46. The summed E-state index contributed by atoms with van der Waals surface area (Å²) in [6.45, 7) is -0.569. The first-order chi connectivity index (χ1) is 6.04. The van der Waals surface area contributed by atoms with Crippen molar-refractivity contribution in [1.82, 2.24) is 5.32 Å². The molecule has 0 fully saturated rings. The maximum absolute atomic E-state index is 9.21. The van der Waals surface area contributed by atoms with Crippen molar-refractivity contribution in [2.45, 2.75) is 24.4 Å². The molecule has 13 heavy (non-hydrogen) atoms. The van der Waals surface area contributed by atoms with Crippen molar-refractivity contribution in [2.24, 2.45) is 0 Å². The number of aliphatic hydroxyl groups is 5. The van der Waals surface area contributed by atoms with Gasteiger partial charge in [-0.25, -0.2) is 0 Å². The molecular weight excluding hydrogens is 178 g/mol. The highest BCUT2D eigenvalue weighted by Crippen LogP contribution is 2.04. The van der Waals surface area contributed by atoms with Crippen molar-refractivity contribution in [3.8, 4) is 0 Å². The van der Waals surface area contributed by atoms with E-state index >= 15 is 0 Å². The third kappa shape index (κ3) is 3.99. The molecule has 0 radical (unpaired) electrons. The summed E-state index contributed by atoms with van der Waals surface area (Å²) in [7, 11) is 1.57. The number of rotatable bonds is 6. The smallest absolute Gasteiger partial charge is 0.111 e. The van der Waals surface area contributed by atoms with Gasteiger partial charge in [0, 0.05) is 6.54 Å². The van der Waals surface area contributed by atoms with Gasteiger partial charge in [-0.3, -0.25) is 0 Å². The van der Waals surface area contributed by atoms with Crippen LogP contribution in [-0.2, 0) is 0 Å². The van der Waals surface area contributed by atoms with Gasteiger partial charge in [0.1, 0.15) is 18.3 Å². The van der Waals surface area contributed by atoms with E-state index in [-0.39, 0.29) is 6.54 Å². The molecule has 0 amide bonds. The van der Waals surface area contributed by atoms with Crippen LogP contribution in [0.4, 0.5) is 0 Å². The van der Waals surface area contributed by atoms with Gasteiger partial charge < -0.3 is 30.8 Å². The fraction of sp³-hybridized carbons (Fsp3) is 1.00. The molecular formula is C7H17NO5. The first kappa shape index (κ1) is 12.8. The summed E-state index contributed by atoms with van der Waals surface area (Å²) in [6, 6.07) is 0. The topological polar surface area (TPSA) is 113 Å². The maximum atomic E-state index is 9.21. The molecule has 0 saturated heterocycles. The molecule has 6 nitrogen and oxygen atoms in total. The fourth-order valence-electron chi connectivity index (χ4n) is 0.893. The monoisotopic (exact) mass is 195 g/mol. The molecule has 0 aromatic rings. The van der Waals surface area contributed by atoms with Crippen molar-refractivity contribution in [2.75, 3.05) is 20.2 Å². The van der Waals surface area contributed by atoms with Crippen LogP contribution in [0.25, 0.3) is 0 Å². The average molecular weight is 195 g/mol. The van der Waals surface area contributed by atoms with Crippen LogP contribution in [0.5, 0.6) is 0 Å². The van der Waals surface area contributed by atoms with Gasteiger partial charge in [-0.15, -0.1) is 0 Å². The average Bonchev–Trinajstić information content (AvgIpc) is 2.14. The molecule has 0 aliphatic rings. The fourth-order valence-corrected chi connectivity index (χ4v) is 0.893. The molecule has 0 saturated carbocycles. The molecule has 0 aromatic carbocycles. The van der Waals surface area contributed by atoms with Crippen molar-refractivity contribution in [3.63, 3.8) is 0 Å². The van der Waals surface area contributed by atoms with Crippen LogP contribution in [0, 0.1) is 0 Å². The summed E-state index contributed by atoms with van der Waals surface area (Å²) >= 11 is 0. The number of aliphatic hydroxyl groups excluding tert-OH is 5. The zero-order chi connectivity index (χ0) is 10.4. The lowest BCUT2D eigenvalue weighted by atomic mass is 10.0. The van der Waals surface area contributed by atoms with Gasteiger partial charge in [0.05, 0.1) is 12.7 Å². The van der Waals surface area contributed by atoms with Gasteiger partial charge in [-0.2, -0.15) is 0 Å². The predicted octanol–water partition coefficient (Wildman–Crippen LogP) is -3.36. The van der Waals surface area contributed by atoms with E-state index in [2.05, 4.69) is 5.32 Å². The van der Waals surface area contributed by atoms with Crippen LogP contribution in [0.15, 0.2) is 0 Å². The number of hydrogen-bond donors (Lipinski definition) is 6. The molecule has 0 heterocycles. The van der Waals surface area contributed by atoms with Gasteiger partial charge in [0.25, 0.3) is 0 Å². The lowest BCUT2D eigenvalue weighted by Crippen LogP contribution is -2.48. The van der Waals surface area contributed by atoms with E-state index < -0.39 is 31.0 Å². The predicted molar refractivity (Wildman–Crippen MR) is 45.0 cm³/mol. The Morgan fingerprint density at radius 3 is 1.85 bits per heavy atom. The van der Waals surface area contributed by atoms with E-state index in [1.165, 1.54) is 0 Å². The Bertz CT molecular complexity index is 134. The molecule has 4 atom stereocenters. The minimum absolute atomic E-state index is 0.0936. The Morgan fingerprint density at radius 2 is 1.46 bits per heavy atom. The second-order valence-corrected chi connectivity index (χ2v) is 2.86. The Labute approximate surface area is 76.4 Å². The van der Waals surface area contributed by atoms with E-state index in [0.29, 0.717) is 0 Å². The Kier molecular flexibility index (Phi) is 6.13. The lowest BCUT2D eigenvalue weighted by Gasteiger charge is -2.25. The lowest BCUT2D eigenvalue weighted by molar-refractivity contribution is -0.113. The van der Waals surface area contributed by atoms with Crippen molar-refractivity contribution in [3.05, 3.63) is 0 Å². The van der Waals surface area contributed by atoms with E-state index in [4.69, 9.17) is 20.4 Å². The van der Waals surface area contributed by atoms with Crippen molar-refractivity contribution < 1.29 is 25.5 Å². The van der Waals surface area contributed by atoms with Crippen LogP contribution < -0.4 is 5.32 Å². The number of hydrogen-bond acceptors (Lipinski definition) is 6. The summed E-state index contributed by atoms with van der Waals surface area (Å²) < 4.78 is 0. The number of nitrogens with one attached hydrogen (secondary N) is 1. The molecule has 0 unspecified atom stereocenters. The van der Waals surface area contributed by atoms with E-state index in [9.17, 15) is 5.11 Å². The third-order valence-electron chi connectivity index (χ3n) is 1.74. The number of likely N-dealkylation sites (N-methyl/N-ethyl adjacent to an activating group) is 1. The van der Waals surface area contributed by atoms with E-state index in [1.54, 1.807) is 7.05 Å². The normalized spacial score (nSPS) is 20.8. The van der Waals surface area contributed by atoms with Gasteiger partial charge in [-0.05, 0) is 7.05 Å². The van der Waals surface area contributed by atoms with Crippen molar-refractivity contribution in [1.29, 1.82) is 0 Å². The highest BCUT2D eigenvalue weighted by atomic mass is 16.4. The van der Waals surface area contributed by atoms with Crippen LogP contribution in [0.1, 0.15) is 0 Å². The highest BCUT2D eigenvalue weighted by Gasteiger charge is 2.29. The van der Waals surface area contributed by atoms with Crippen LogP contribution in [0.3, 0.4) is 0 Å². The summed E-state index contributed by atoms with van der Waals surface area (Å²) in [5, 5.41) is 47.5. The summed E-state index contributed by atoms with van der Waals surface area (Å²) in [4.78, 5) is 0. The maximum Gasteiger partial charge on any atom is 0.111 e. The molecule has 6 heteroatoms. The van der Waals surface area contributed by atoms with Crippen LogP contribution in [0.2, 0.25) is 0 Å². The van der Waals surface area contributed by atoms with Gasteiger partial charge in [0.2, 0.25) is 0 Å². The van der Waals surface area contributed by atoms with E-state index in [1.807, 2.05) is 0 Å². The quantitative estimate of drug-likeness (QED) is 0.264. The second kappa shape index (κ2) is 6.25. The first-order valence-electron chi connectivity index (χ1n) is 4.02.